The van der Waals surface area contributed by atoms with Gasteiger partial charge < -0.3 is 10.6 Å². The molecule has 2 N–H and O–H groups in total. The van der Waals surface area contributed by atoms with Gasteiger partial charge in [-0.1, -0.05) is 37.6 Å². The zero-order valence-electron chi connectivity index (χ0n) is 14.0. The lowest BCUT2D eigenvalue weighted by atomic mass is 10.2. The van der Waals surface area contributed by atoms with Gasteiger partial charge in [0.15, 0.2) is 0 Å². The van der Waals surface area contributed by atoms with Crippen LogP contribution in [0.5, 0.6) is 0 Å². The van der Waals surface area contributed by atoms with Crippen LogP contribution >= 0.6 is 11.6 Å². The van der Waals surface area contributed by atoms with Crippen LogP contribution in [0.3, 0.4) is 0 Å². The van der Waals surface area contributed by atoms with Crippen LogP contribution in [0.4, 0.5) is 11.5 Å². The lowest BCUT2D eigenvalue weighted by molar-refractivity contribution is -0.133. The van der Waals surface area contributed by atoms with Crippen molar-refractivity contribution in [3.05, 3.63) is 41.0 Å². The highest BCUT2D eigenvalue weighted by Gasteiger charge is 2.20. The number of halogens is 1. The molecule has 0 aliphatic heterocycles. The Morgan fingerprint density at radius 2 is 1.79 bits per heavy atom. The first-order chi connectivity index (χ1) is 11.5. The summed E-state index contributed by atoms with van der Waals surface area (Å²) in [6.45, 7) is 5.95. The Labute approximate surface area is 146 Å². The van der Waals surface area contributed by atoms with Crippen LogP contribution in [-0.2, 0) is 9.59 Å². The number of aryl methyl sites for hydroxylation is 1. The van der Waals surface area contributed by atoms with Crippen LogP contribution < -0.4 is 10.6 Å². The fourth-order valence-corrected chi connectivity index (χ4v) is 2.60. The Hall–Kier alpha value is -2.34. The van der Waals surface area contributed by atoms with E-state index in [2.05, 4.69) is 29.6 Å². The van der Waals surface area contributed by atoms with E-state index < -0.39 is 11.8 Å². The molecule has 0 radical (unpaired) electrons. The second kappa shape index (κ2) is 7.97. The number of nitrogens with zero attached hydrogens (tertiary/aromatic N) is 2. The van der Waals surface area contributed by atoms with Crippen LogP contribution in [0.1, 0.15) is 38.3 Å². The summed E-state index contributed by atoms with van der Waals surface area (Å²) in [5.74, 6) is -0.992. The van der Waals surface area contributed by atoms with E-state index in [-0.39, 0.29) is 6.04 Å². The topological polar surface area (TPSA) is 76.0 Å². The Kier molecular flexibility index (Phi) is 5.98. The van der Waals surface area contributed by atoms with Gasteiger partial charge in [-0.2, -0.15) is 5.10 Å². The van der Waals surface area contributed by atoms with Crippen LogP contribution in [0.2, 0.25) is 5.02 Å². The Morgan fingerprint density at radius 3 is 2.42 bits per heavy atom. The molecule has 0 aliphatic carbocycles. The fourth-order valence-electron chi connectivity index (χ4n) is 2.42. The van der Waals surface area contributed by atoms with Gasteiger partial charge in [0.25, 0.3) is 0 Å². The molecule has 1 heterocycles. The van der Waals surface area contributed by atoms with Crippen molar-refractivity contribution < 1.29 is 9.59 Å². The number of carbonyl (C=O) groups excluding carboxylic acids is 2. The molecule has 0 atom stereocenters. The molecule has 0 bridgehead atoms. The number of anilines is 2. The second-order valence-corrected chi connectivity index (χ2v) is 5.89. The standard InChI is InChI=1S/C17H21ClN4O2/c1-4-12(5-2)22-15(11(3)10-19-22)21-17(24)16(23)20-14-9-7-6-8-13(14)18/h6-10,12H,4-5H2,1-3H3,(H,20,23)(H,21,24). The molecule has 0 unspecified atom stereocenters. The van der Waals surface area contributed by atoms with Crippen molar-refractivity contribution in [3.8, 4) is 0 Å². The van der Waals surface area contributed by atoms with Crippen molar-refractivity contribution in [2.75, 3.05) is 10.6 Å². The number of benzene rings is 1. The minimum atomic E-state index is -0.778. The number of amides is 2. The largest absolute Gasteiger partial charge is 0.316 e. The van der Waals surface area contributed by atoms with Crippen molar-refractivity contribution in [2.45, 2.75) is 39.7 Å². The molecule has 2 aromatic rings. The highest BCUT2D eigenvalue weighted by molar-refractivity contribution is 6.44. The van der Waals surface area contributed by atoms with Crippen molar-refractivity contribution in [2.24, 2.45) is 0 Å². The third-order valence-corrected chi connectivity index (χ3v) is 4.16. The molecule has 7 heteroatoms. The van der Waals surface area contributed by atoms with Crippen molar-refractivity contribution in [1.82, 2.24) is 9.78 Å². The number of hydrogen-bond donors (Lipinski definition) is 2. The zero-order valence-corrected chi connectivity index (χ0v) is 14.7. The second-order valence-electron chi connectivity index (χ2n) is 5.48. The van der Waals surface area contributed by atoms with E-state index in [0.717, 1.165) is 18.4 Å². The first kappa shape index (κ1) is 18.0. The molecule has 0 spiro atoms. The Morgan fingerprint density at radius 1 is 1.17 bits per heavy atom. The minimum absolute atomic E-state index is 0.167. The quantitative estimate of drug-likeness (QED) is 0.807. The summed E-state index contributed by atoms with van der Waals surface area (Å²) in [5, 5.41) is 9.85. The molecule has 0 fully saturated rings. The molecule has 24 heavy (non-hydrogen) atoms. The molecule has 128 valence electrons. The maximum Gasteiger partial charge on any atom is 0.315 e. The predicted molar refractivity (Wildman–Crippen MR) is 95.3 cm³/mol. The summed E-state index contributed by atoms with van der Waals surface area (Å²) in [6, 6.07) is 6.91. The monoisotopic (exact) mass is 348 g/mol. The van der Waals surface area contributed by atoms with E-state index in [1.807, 2.05) is 6.92 Å². The van der Waals surface area contributed by atoms with Gasteiger partial charge in [0.1, 0.15) is 5.82 Å². The number of hydrogen-bond acceptors (Lipinski definition) is 3. The van der Waals surface area contributed by atoms with E-state index in [1.165, 1.54) is 0 Å². The van der Waals surface area contributed by atoms with Gasteiger partial charge in [0.2, 0.25) is 0 Å². The fraction of sp³-hybridized carbons (Fsp3) is 0.353. The number of nitrogens with one attached hydrogen (secondary N) is 2. The number of carbonyl (C=O) groups is 2. The molecule has 0 saturated carbocycles. The highest BCUT2D eigenvalue weighted by Crippen LogP contribution is 2.24. The van der Waals surface area contributed by atoms with E-state index in [4.69, 9.17) is 11.6 Å². The molecular weight excluding hydrogens is 328 g/mol. The first-order valence-corrected chi connectivity index (χ1v) is 8.26. The van der Waals surface area contributed by atoms with Crippen molar-refractivity contribution in [1.29, 1.82) is 0 Å². The van der Waals surface area contributed by atoms with Gasteiger partial charge in [0.05, 0.1) is 22.9 Å². The molecule has 2 amide bonds. The zero-order chi connectivity index (χ0) is 17.7. The van der Waals surface area contributed by atoms with Gasteiger partial charge >= 0.3 is 11.8 Å². The molecular formula is C17H21ClN4O2. The van der Waals surface area contributed by atoms with Gasteiger partial charge in [-0.25, -0.2) is 4.68 Å². The van der Waals surface area contributed by atoms with Crippen LogP contribution in [0.25, 0.3) is 0 Å². The average Bonchev–Trinajstić information content (AvgIpc) is 2.92. The third-order valence-electron chi connectivity index (χ3n) is 3.83. The molecule has 6 nitrogen and oxygen atoms in total. The molecule has 2 rings (SSSR count). The van der Waals surface area contributed by atoms with Gasteiger partial charge in [-0.05, 0) is 31.9 Å². The summed E-state index contributed by atoms with van der Waals surface area (Å²) >= 11 is 5.98. The first-order valence-electron chi connectivity index (χ1n) is 7.88. The summed E-state index contributed by atoms with van der Waals surface area (Å²) in [7, 11) is 0. The number of para-hydroxylation sites is 1. The molecule has 1 aromatic heterocycles. The normalized spacial score (nSPS) is 10.7. The maximum absolute atomic E-state index is 12.2. The summed E-state index contributed by atoms with van der Waals surface area (Å²) in [6.07, 6.45) is 3.44. The van der Waals surface area contributed by atoms with Crippen molar-refractivity contribution >= 4 is 34.9 Å². The minimum Gasteiger partial charge on any atom is -0.316 e. The summed E-state index contributed by atoms with van der Waals surface area (Å²) in [4.78, 5) is 24.3. The van der Waals surface area contributed by atoms with Crippen LogP contribution in [0.15, 0.2) is 30.5 Å². The Bertz CT molecular complexity index is 738. The van der Waals surface area contributed by atoms with E-state index in [0.29, 0.717) is 16.5 Å². The van der Waals surface area contributed by atoms with Crippen LogP contribution in [0, 0.1) is 6.92 Å². The lowest BCUT2D eigenvalue weighted by Crippen LogP contribution is -2.30. The average molecular weight is 349 g/mol. The number of aromatic nitrogens is 2. The summed E-state index contributed by atoms with van der Waals surface area (Å²) < 4.78 is 1.76. The predicted octanol–water partition coefficient (Wildman–Crippen LogP) is 3.78. The molecule has 0 aliphatic rings. The van der Waals surface area contributed by atoms with E-state index in [1.54, 1.807) is 35.1 Å². The lowest BCUT2D eigenvalue weighted by Gasteiger charge is -2.17. The molecule has 1 aromatic carbocycles. The van der Waals surface area contributed by atoms with E-state index in [9.17, 15) is 9.59 Å². The van der Waals surface area contributed by atoms with Crippen LogP contribution in [-0.4, -0.2) is 21.6 Å². The maximum atomic E-state index is 12.2. The Balaban J connectivity index is 2.14. The van der Waals surface area contributed by atoms with Gasteiger partial charge in [0, 0.05) is 5.56 Å². The smallest absolute Gasteiger partial charge is 0.315 e. The summed E-state index contributed by atoms with van der Waals surface area (Å²) in [5.41, 5.74) is 1.20. The van der Waals surface area contributed by atoms with Gasteiger partial charge in [-0.3, -0.25) is 9.59 Å². The third kappa shape index (κ3) is 3.94. The number of rotatable bonds is 5. The van der Waals surface area contributed by atoms with E-state index >= 15 is 0 Å². The van der Waals surface area contributed by atoms with Crippen molar-refractivity contribution in [3.63, 3.8) is 0 Å². The van der Waals surface area contributed by atoms with Gasteiger partial charge in [-0.15, -0.1) is 0 Å². The SMILES string of the molecule is CCC(CC)n1ncc(C)c1NC(=O)C(=O)Nc1ccccc1Cl. The molecule has 0 saturated heterocycles. The highest BCUT2D eigenvalue weighted by atomic mass is 35.5.